The van der Waals surface area contributed by atoms with Gasteiger partial charge in [0.25, 0.3) is 0 Å². The smallest absolute Gasteiger partial charge is 0.335 e. The first kappa shape index (κ1) is 15.6. The van der Waals surface area contributed by atoms with Gasteiger partial charge in [-0.05, 0) is 24.1 Å². The third-order valence-electron chi connectivity index (χ3n) is 3.31. The van der Waals surface area contributed by atoms with Crippen molar-refractivity contribution in [3.8, 4) is 0 Å². The van der Waals surface area contributed by atoms with Crippen molar-refractivity contribution in [1.29, 1.82) is 0 Å². The van der Waals surface area contributed by atoms with Gasteiger partial charge in [0.1, 0.15) is 5.82 Å². The molecule has 114 valence electrons. The molecule has 2 rings (SSSR count). The van der Waals surface area contributed by atoms with Crippen LogP contribution in [0.5, 0.6) is 0 Å². The second-order valence-electron chi connectivity index (χ2n) is 4.97. The predicted octanol–water partition coefficient (Wildman–Crippen LogP) is 3.55. The van der Waals surface area contributed by atoms with Crippen molar-refractivity contribution in [2.24, 2.45) is 5.73 Å². The number of benzene rings is 1. The fourth-order valence-corrected chi connectivity index (χ4v) is 2.23. The van der Waals surface area contributed by atoms with Crippen LogP contribution in [0.15, 0.2) is 36.7 Å². The Kier molecular flexibility index (Phi) is 4.67. The highest BCUT2D eigenvalue weighted by molar-refractivity contribution is 5.28. The zero-order valence-electron chi connectivity index (χ0n) is 11.8. The average molecular weight is 297 g/mol. The van der Waals surface area contributed by atoms with Gasteiger partial charge in [0, 0.05) is 31.4 Å². The van der Waals surface area contributed by atoms with Crippen molar-refractivity contribution in [1.82, 2.24) is 9.55 Å². The van der Waals surface area contributed by atoms with E-state index >= 15 is 0 Å². The predicted molar refractivity (Wildman–Crippen MR) is 74.6 cm³/mol. The van der Waals surface area contributed by atoms with Crippen molar-refractivity contribution >= 4 is 0 Å². The molecular formula is C15H18F3N3. The van der Waals surface area contributed by atoms with Crippen LogP contribution in [-0.4, -0.2) is 9.55 Å². The van der Waals surface area contributed by atoms with E-state index < -0.39 is 17.8 Å². The molecule has 0 saturated carbocycles. The lowest BCUT2D eigenvalue weighted by Gasteiger charge is -2.15. The average Bonchev–Trinajstić information content (AvgIpc) is 2.86. The van der Waals surface area contributed by atoms with E-state index in [0.717, 1.165) is 30.9 Å². The van der Waals surface area contributed by atoms with E-state index in [1.54, 1.807) is 12.3 Å². The number of hydrogen-bond acceptors (Lipinski definition) is 2. The maximum Gasteiger partial charge on any atom is 0.416 e. The van der Waals surface area contributed by atoms with Crippen LogP contribution in [0.25, 0.3) is 0 Å². The van der Waals surface area contributed by atoms with Crippen molar-refractivity contribution in [2.75, 3.05) is 0 Å². The van der Waals surface area contributed by atoms with Gasteiger partial charge >= 0.3 is 6.18 Å². The van der Waals surface area contributed by atoms with Gasteiger partial charge in [-0.3, -0.25) is 0 Å². The van der Waals surface area contributed by atoms with E-state index in [-0.39, 0.29) is 0 Å². The van der Waals surface area contributed by atoms with E-state index in [9.17, 15) is 13.2 Å². The second-order valence-corrected chi connectivity index (χ2v) is 4.97. The summed E-state index contributed by atoms with van der Waals surface area (Å²) in [4.78, 5) is 4.23. The molecule has 0 amide bonds. The molecule has 0 spiro atoms. The lowest BCUT2D eigenvalue weighted by Crippen LogP contribution is -2.17. The Labute approximate surface area is 121 Å². The highest BCUT2D eigenvalue weighted by Crippen LogP contribution is 2.30. The zero-order chi connectivity index (χ0) is 15.5. The van der Waals surface area contributed by atoms with Crippen LogP contribution < -0.4 is 5.73 Å². The molecule has 0 aliphatic carbocycles. The Hall–Kier alpha value is -1.82. The monoisotopic (exact) mass is 297 g/mol. The number of aryl methyl sites for hydroxylation is 1. The second kappa shape index (κ2) is 6.30. The molecule has 1 aromatic carbocycles. The van der Waals surface area contributed by atoms with Gasteiger partial charge in [0.2, 0.25) is 0 Å². The summed E-state index contributed by atoms with van der Waals surface area (Å²) in [5.74, 6) is 0.793. The molecule has 0 saturated heterocycles. The highest BCUT2D eigenvalue weighted by atomic mass is 19.4. The summed E-state index contributed by atoms with van der Waals surface area (Å²) in [6.45, 7) is 2.88. The normalized spacial score (nSPS) is 13.4. The minimum absolute atomic E-state index is 0.411. The van der Waals surface area contributed by atoms with Gasteiger partial charge in [0.05, 0.1) is 5.56 Å². The van der Waals surface area contributed by atoms with Gasteiger partial charge < -0.3 is 10.3 Å². The molecule has 1 atom stereocenters. The molecule has 0 radical (unpaired) electrons. The van der Waals surface area contributed by atoms with Gasteiger partial charge in [-0.1, -0.05) is 19.1 Å². The summed E-state index contributed by atoms with van der Waals surface area (Å²) < 4.78 is 40.1. The fraction of sp³-hybridized carbons (Fsp3) is 0.400. The highest BCUT2D eigenvalue weighted by Gasteiger charge is 2.30. The Morgan fingerprint density at radius 2 is 2.10 bits per heavy atom. The molecule has 2 N–H and O–H groups in total. The van der Waals surface area contributed by atoms with E-state index in [1.807, 2.05) is 10.8 Å². The lowest BCUT2D eigenvalue weighted by molar-refractivity contribution is -0.137. The Morgan fingerprint density at radius 3 is 2.76 bits per heavy atom. The van der Waals surface area contributed by atoms with E-state index in [2.05, 4.69) is 11.9 Å². The number of hydrogen-bond donors (Lipinski definition) is 1. The van der Waals surface area contributed by atoms with E-state index in [1.165, 1.54) is 6.07 Å². The molecule has 3 nitrogen and oxygen atoms in total. The first-order chi connectivity index (χ1) is 9.91. The van der Waals surface area contributed by atoms with Gasteiger partial charge in [0.15, 0.2) is 0 Å². The minimum atomic E-state index is -4.35. The molecule has 21 heavy (non-hydrogen) atoms. The molecule has 1 unspecified atom stereocenters. The molecule has 1 aromatic heterocycles. The van der Waals surface area contributed by atoms with Crippen molar-refractivity contribution < 1.29 is 13.2 Å². The topological polar surface area (TPSA) is 43.8 Å². The minimum Gasteiger partial charge on any atom is -0.335 e. The van der Waals surface area contributed by atoms with Crippen molar-refractivity contribution in [2.45, 2.75) is 38.5 Å². The lowest BCUT2D eigenvalue weighted by atomic mass is 10.0. The molecule has 1 heterocycles. The summed E-state index contributed by atoms with van der Waals surface area (Å²) in [5, 5.41) is 0. The Bertz CT molecular complexity index is 590. The number of halogens is 3. The van der Waals surface area contributed by atoms with Gasteiger partial charge in [-0.2, -0.15) is 13.2 Å². The first-order valence-corrected chi connectivity index (χ1v) is 6.84. The van der Waals surface area contributed by atoms with Crippen LogP contribution in [0.1, 0.15) is 36.3 Å². The largest absolute Gasteiger partial charge is 0.416 e. The third kappa shape index (κ3) is 3.85. The number of imidazole rings is 1. The van der Waals surface area contributed by atoms with Gasteiger partial charge in [-0.25, -0.2) is 4.98 Å². The number of rotatable bonds is 5. The quantitative estimate of drug-likeness (QED) is 0.917. The Balaban J connectivity index is 2.16. The standard InChI is InChI=1S/C15H18F3N3/c1-2-7-21-8-6-20-14(21)10-13(19)11-4-3-5-12(9-11)15(16,17)18/h3-6,8-9,13H,2,7,10,19H2,1H3. The van der Waals surface area contributed by atoms with Crippen LogP contribution >= 0.6 is 0 Å². The van der Waals surface area contributed by atoms with Crippen LogP contribution in [0.2, 0.25) is 0 Å². The van der Waals surface area contributed by atoms with Crippen LogP contribution in [0.3, 0.4) is 0 Å². The SMILES string of the molecule is CCCn1ccnc1CC(N)c1cccc(C(F)(F)F)c1. The maximum atomic E-state index is 12.7. The summed E-state index contributed by atoms with van der Waals surface area (Å²) in [5.41, 5.74) is 5.84. The molecule has 0 bridgehead atoms. The van der Waals surface area contributed by atoms with Crippen LogP contribution in [0, 0.1) is 0 Å². The maximum absolute atomic E-state index is 12.7. The first-order valence-electron chi connectivity index (χ1n) is 6.84. The van der Waals surface area contributed by atoms with E-state index in [0.29, 0.717) is 12.0 Å². The molecular weight excluding hydrogens is 279 g/mol. The summed E-state index contributed by atoms with van der Waals surface area (Å²) >= 11 is 0. The Morgan fingerprint density at radius 1 is 1.33 bits per heavy atom. The zero-order valence-corrected chi connectivity index (χ0v) is 11.8. The number of aromatic nitrogens is 2. The fourth-order valence-electron chi connectivity index (χ4n) is 2.23. The number of alkyl halides is 3. The van der Waals surface area contributed by atoms with E-state index in [4.69, 9.17) is 5.73 Å². The summed E-state index contributed by atoms with van der Waals surface area (Å²) in [7, 11) is 0. The molecule has 0 fully saturated rings. The number of nitrogens with zero attached hydrogens (tertiary/aromatic N) is 2. The van der Waals surface area contributed by atoms with Crippen LogP contribution in [-0.2, 0) is 19.1 Å². The van der Waals surface area contributed by atoms with Crippen molar-refractivity contribution in [3.05, 3.63) is 53.6 Å². The third-order valence-corrected chi connectivity index (χ3v) is 3.31. The van der Waals surface area contributed by atoms with Gasteiger partial charge in [-0.15, -0.1) is 0 Å². The summed E-state index contributed by atoms with van der Waals surface area (Å²) in [6, 6.07) is 4.65. The van der Waals surface area contributed by atoms with Crippen molar-refractivity contribution in [3.63, 3.8) is 0 Å². The summed E-state index contributed by atoms with van der Waals surface area (Å²) in [6.07, 6.45) is 0.564. The molecule has 0 aliphatic heterocycles. The molecule has 2 aromatic rings. The molecule has 0 aliphatic rings. The van der Waals surface area contributed by atoms with Crippen LogP contribution in [0.4, 0.5) is 13.2 Å². The number of nitrogens with two attached hydrogens (primary N) is 1. The molecule has 6 heteroatoms.